The van der Waals surface area contributed by atoms with Gasteiger partial charge in [-0.1, -0.05) is 20.8 Å². The second-order valence-corrected chi connectivity index (χ2v) is 2.88. The maximum absolute atomic E-state index is 4.19. The maximum atomic E-state index is 4.19. The Kier molecular flexibility index (Phi) is 14.9. The molecule has 0 spiro atoms. The zero-order valence-electron chi connectivity index (χ0n) is 7.77. The number of thioether (sulfide) groups is 1. The number of aliphatic imine (C=N–C) groups is 1. The highest BCUT2D eigenvalue weighted by Crippen LogP contribution is 2.00. The first-order chi connectivity index (χ1) is 4.81. The molecule has 10 heavy (non-hydrogen) atoms. The first kappa shape index (κ1) is 12.7. The van der Waals surface area contributed by atoms with Gasteiger partial charge in [0.2, 0.25) is 0 Å². The van der Waals surface area contributed by atoms with Crippen molar-refractivity contribution in [2.45, 2.75) is 34.6 Å². The Morgan fingerprint density at radius 2 is 1.80 bits per heavy atom. The fourth-order valence-electron chi connectivity index (χ4n) is 0.477. The van der Waals surface area contributed by atoms with E-state index in [1.165, 1.54) is 5.04 Å². The number of nitrogens with zero attached hydrogens (tertiary/aromatic N) is 1. The Labute approximate surface area is 69.3 Å². The maximum Gasteiger partial charge on any atom is 0.0644 e. The minimum atomic E-state index is 0.916. The molecular weight excluding hydrogens is 142 g/mol. The van der Waals surface area contributed by atoms with Crippen LogP contribution in [0.5, 0.6) is 0 Å². The lowest BCUT2D eigenvalue weighted by Gasteiger charge is -1.92. The van der Waals surface area contributed by atoms with Crippen molar-refractivity contribution in [2.24, 2.45) is 4.99 Å². The van der Waals surface area contributed by atoms with E-state index < -0.39 is 0 Å². The van der Waals surface area contributed by atoms with Gasteiger partial charge >= 0.3 is 0 Å². The van der Waals surface area contributed by atoms with Crippen LogP contribution in [0, 0.1) is 0 Å². The Morgan fingerprint density at radius 3 is 2.10 bits per heavy atom. The lowest BCUT2D eigenvalue weighted by atomic mass is 10.7. The molecule has 0 bridgehead atoms. The number of hydrogen-bond acceptors (Lipinski definition) is 2. The van der Waals surface area contributed by atoms with Gasteiger partial charge in [0.25, 0.3) is 0 Å². The third-order valence-electron chi connectivity index (χ3n) is 0.734. The second kappa shape index (κ2) is 11.8. The zero-order valence-corrected chi connectivity index (χ0v) is 8.59. The fourth-order valence-corrected chi connectivity index (χ4v) is 1.12. The zero-order chi connectivity index (χ0) is 8.41. The van der Waals surface area contributed by atoms with E-state index in [2.05, 4.69) is 25.8 Å². The summed E-state index contributed by atoms with van der Waals surface area (Å²) >= 11 is 1.81. The fraction of sp³-hybridized carbons (Fsp3) is 0.875. The lowest BCUT2D eigenvalue weighted by molar-refractivity contribution is 1.13. The predicted molar refractivity (Wildman–Crippen MR) is 53.1 cm³/mol. The molecule has 0 aromatic heterocycles. The van der Waals surface area contributed by atoms with Gasteiger partial charge < -0.3 is 0 Å². The smallest absolute Gasteiger partial charge is 0.0644 e. The van der Waals surface area contributed by atoms with E-state index >= 15 is 0 Å². The van der Waals surface area contributed by atoms with Crippen LogP contribution in [-0.4, -0.2) is 17.3 Å². The quantitative estimate of drug-likeness (QED) is 0.447. The molecule has 0 aliphatic carbocycles. The van der Waals surface area contributed by atoms with E-state index in [1.807, 2.05) is 13.8 Å². The summed E-state index contributed by atoms with van der Waals surface area (Å²) in [6, 6.07) is 0. The largest absolute Gasteiger partial charge is 0.284 e. The van der Waals surface area contributed by atoms with Crippen LogP contribution in [0.4, 0.5) is 0 Å². The average Bonchev–Trinajstić information content (AvgIpc) is 1.93. The molecule has 0 aliphatic rings. The Bertz CT molecular complexity index is 79.3. The molecule has 2 heteroatoms. The summed E-state index contributed by atoms with van der Waals surface area (Å²) in [5, 5.41) is 1.20. The average molecular weight is 161 g/mol. The standard InChI is InChI=1S/C6H13NS.C2H6/c1-4-7-6(3)8-5-2;1-2/h4-5H2,1-3H3;1-2H3. The predicted octanol–water partition coefficient (Wildman–Crippen LogP) is 3.20. The van der Waals surface area contributed by atoms with Crippen molar-refractivity contribution >= 4 is 16.8 Å². The van der Waals surface area contributed by atoms with Gasteiger partial charge in [-0.2, -0.15) is 0 Å². The van der Waals surface area contributed by atoms with Gasteiger partial charge in [0.15, 0.2) is 0 Å². The number of rotatable bonds is 2. The van der Waals surface area contributed by atoms with E-state index in [0.29, 0.717) is 0 Å². The van der Waals surface area contributed by atoms with E-state index in [-0.39, 0.29) is 0 Å². The first-order valence-corrected chi connectivity index (χ1v) is 4.93. The monoisotopic (exact) mass is 161 g/mol. The molecule has 1 nitrogen and oxygen atoms in total. The molecule has 0 aliphatic heterocycles. The molecular formula is C8H19NS. The molecule has 62 valence electrons. The lowest BCUT2D eigenvalue weighted by Crippen LogP contribution is -1.84. The van der Waals surface area contributed by atoms with Crippen molar-refractivity contribution in [1.82, 2.24) is 0 Å². The highest BCUT2D eigenvalue weighted by Gasteiger charge is 1.84. The van der Waals surface area contributed by atoms with Crippen LogP contribution in [-0.2, 0) is 0 Å². The summed E-state index contributed by atoms with van der Waals surface area (Å²) in [6.45, 7) is 11.2. The molecule has 0 saturated heterocycles. The highest BCUT2D eigenvalue weighted by atomic mass is 32.2. The Hall–Kier alpha value is 0.0200. The molecule has 0 rings (SSSR count). The van der Waals surface area contributed by atoms with E-state index in [4.69, 9.17) is 0 Å². The van der Waals surface area contributed by atoms with Gasteiger partial charge in [-0.15, -0.1) is 11.8 Å². The van der Waals surface area contributed by atoms with Crippen molar-refractivity contribution in [1.29, 1.82) is 0 Å². The molecule has 0 unspecified atom stereocenters. The summed E-state index contributed by atoms with van der Waals surface area (Å²) in [4.78, 5) is 4.19. The molecule has 0 aromatic rings. The first-order valence-electron chi connectivity index (χ1n) is 3.95. The van der Waals surface area contributed by atoms with Crippen molar-refractivity contribution in [2.75, 3.05) is 12.3 Å². The SMILES string of the molecule is CC.CCN=C(C)SCC. The van der Waals surface area contributed by atoms with Crippen LogP contribution < -0.4 is 0 Å². The van der Waals surface area contributed by atoms with Gasteiger partial charge in [-0.3, -0.25) is 4.99 Å². The molecule has 0 fully saturated rings. The summed E-state index contributed by atoms with van der Waals surface area (Å²) in [7, 11) is 0. The molecule has 0 N–H and O–H groups in total. The molecule has 0 radical (unpaired) electrons. The van der Waals surface area contributed by atoms with Crippen molar-refractivity contribution in [3.8, 4) is 0 Å². The molecule has 0 amide bonds. The third kappa shape index (κ3) is 10.9. The van der Waals surface area contributed by atoms with Crippen LogP contribution in [0.15, 0.2) is 4.99 Å². The highest BCUT2D eigenvalue weighted by molar-refractivity contribution is 8.13. The topological polar surface area (TPSA) is 12.4 Å². The second-order valence-electron chi connectivity index (χ2n) is 1.43. The third-order valence-corrected chi connectivity index (χ3v) is 1.57. The summed E-state index contributed by atoms with van der Waals surface area (Å²) < 4.78 is 0. The van der Waals surface area contributed by atoms with Crippen molar-refractivity contribution in [3.63, 3.8) is 0 Å². The van der Waals surface area contributed by atoms with Gasteiger partial charge in [0.05, 0.1) is 5.04 Å². The van der Waals surface area contributed by atoms with Crippen LogP contribution in [0.3, 0.4) is 0 Å². The van der Waals surface area contributed by atoms with Crippen LogP contribution in [0.2, 0.25) is 0 Å². The summed E-state index contributed by atoms with van der Waals surface area (Å²) in [5.74, 6) is 1.13. The summed E-state index contributed by atoms with van der Waals surface area (Å²) in [6.07, 6.45) is 0. The normalized spacial score (nSPS) is 10.3. The van der Waals surface area contributed by atoms with Gasteiger partial charge in [0, 0.05) is 6.54 Å². The van der Waals surface area contributed by atoms with Gasteiger partial charge in [0.1, 0.15) is 0 Å². The Balaban J connectivity index is 0. The van der Waals surface area contributed by atoms with Gasteiger partial charge in [-0.05, 0) is 19.6 Å². The molecule has 0 saturated carbocycles. The van der Waals surface area contributed by atoms with Crippen molar-refractivity contribution in [3.05, 3.63) is 0 Å². The Morgan fingerprint density at radius 1 is 1.30 bits per heavy atom. The van der Waals surface area contributed by atoms with Crippen LogP contribution >= 0.6 is 11.8 Å². The van der Waals surface area contributed by atoms with Crippen LogP contribution in [0.25, 0.3) is 0 Å². The molecule has 0 heterocycles. The molecule has 0 atom stereocenters. The van der Waals surface area contributed by atoms with Crippen LogP contribution in [0.1, 0.15) is 34.6 Å². The summed E-state index contributed by atoms with van der Waals surface area (Å²) in [5.41, 5.74) is 0. The minimum Gasteiger partial charge on any atom is -0.284 e. The van der Waals surface area contributed by atoms with Gasteiger partial charge in [-0.25, -0.2) is 0 Å². The van der Waals surface area contributed by atoms with E-state index in [1.54, 1.807) is 11.8 Å². The minimum absolute atomic E-state index is 0.916. The number of hydrogen-bond donors (Lipinski definition) is 0. The van der Waals surface area contributed by atoms with E-state index in [9.17, 15) is 0 Å². The van der Waals surface area contributed by atoms with E-state index in [0.717, 1.165) is 12.3 Å². The van der Waals surface area contributed by atoms with Crippen molar-refractivity contribution < 1.29 is 0 Å². The molecule has 0 aromatic carbocycles.